The summed E-state index contributed by atoms with van der Waals surface area (Å²) < 4.78 is 51.3. The summed E-state index contributed by atoms with van der Waals surface area (Å²) in [6.07, 6.45) is -4.73. The fraction of sp³-hybridized carbons (Fsp3) is 0.200. The highest BCUT2D eigenvalue weighted by Gasteiger charge is 2.34. The van der Waals surface area contributed by atoms with Crippen LogP contribution in [0.3, 0.4) is 0 Å². The molecule has 20 heavy (non-hydrogen) atoms. The number of hydrogen-bond acceptors (Lipinski definition) is 1. The Morgan fingerprint density at radius 3 is 2.30 bits per heavy atom. The van der Waals surface area contributed by atoms with Gasteiger partial charge in [-0.25, -0.2) is 4.39 Å². The van der Waals surface area contributed by atoms with Crippen LogP contribution in [0.2, 0.25) is 0 Å². The van der Waals surface area contributed by atoms with Gasteiger partial charge in [0.05, 0.1) is 11.6 Å². The van der Waals surface area contributed by atoms with Crippen LogP contribution in [0.5, 0.6) is 0 Å². The maximum Gasteiger partial charge on any atom is 0.419 e. The first-order chi connectivity index (χ1) is 9.30. The van der Waals surface area contributed by atoms with Gasteiger partial charge >= 0.3 is 6.18 Å². The number of aryl methyl sites for hydroxylation is 1. The second kappa shape index (κ2) is 5.25. The van der Waals surface area contributed by atoms with Crippen molar-refractivity contribution in [3.63, 3.8) is 0 Å². The van der Waals surface area contributed by atoms with E-state index in [0.29, 0.717) is 5.56 Å². The molecule has 0 heterocycles. The topological polar surface area (TPSA) is 26.0 Å². The second-order valence-electron chi connectivity index (χ2n) is 4.57. The highest BCUT2D eigenvalue weighted by atomic mass is 19.4. The number of hydrogen-bond donors (Lipinski definition) is 1. The summed E-state index contributed by atoms with van der Waals surface area (Å²) in [6.45, 7) is 1.82. The Balaban J connectivity index is 2.46. The molecule has 0 bridgehead atoms. The number of rotatable bonds is 2. The average molecular weight is 283 g/mol. The molecular weight excluding hydrogens is 270 g/mol. The normalized spacial score (nSPS) is 13.3. The van der Waals surface area contributed by atoms with Crippen molar-refractivity contribution in [1.82, 2.24) is 0 Å². The van der Waals surface area contributed by atoms with Crippen molar-refractivity contribution >= 4 is 0 Å². The molecule has 0 radical (unpaired) electrons. The lowest BCUT2D eigenvalue weighted by atomic mass is 9.94. The monoisotopic (exact) mass is 283 g/mol. The van der Waals surface area contributed by atoms with Crippen LogP contribution in [0.1, 0.15) is 28.3 Å². The molecule has 2 N–H and O–H groups in total. The zero-order valence-electron chi connectivity index (χ0n) is 10.7. The van der Waals surface area contributed by atoms with E-state index in [2.05, 4.69) is 0 Å². The molecule has 2 aromatic carbocycles. The molecule has 0 saturated heterocycles. The van der Waals surface area contributed by atoms with Crippen LogP contribution in [0.4, 0.5) is 17.6 Å². The third-order valence-corrected chi connectivity index (χ3v) is 3.18. The molecule has 0 amide bonds. The van der Waals surface area contributed by atoms with Crippen molar-refractivity contribution in [3.8, 4) is 0 Å². The van der Waals surface area contributed by atoms with Gasteiger partial charge in [0.2, 0.25) is 0 Å². The van der Waals surface area contributed by atoms with E-state index in [0.717, 1.165) is 17.7 Å². The summed E-state index contributed by atoms with van der Waals surface area (Å²) in [5.41, 5.74) is 6.51. The van der Waals surface area contributed by atoms with Crippen molar-refractivity contribution in [3.05, 3.63) is 70.5 Å². The molecule has 1 unspecified atom stereocenters. The van der Waals surface area contributed by atoms with Gasteiger partial charge < -0.3 is 5.73 Å². The van der Waals surface area contributed by atoms with Crippen LogP contribution < -0.4 is 5.73 Å². The van der Waals surface area contributed by atoms with Crippen LogP contribution in [0.25, 0.3) is 0 Å². The van der Waals surface area contributed by atoms with Crippen LogP contribution in [0, 0.1) is 12.7 Å². The SMILES string of the molecule is Cc1ccccc1C(N)c1ccc(F)c(C(F)(F)F)c1. The first kappa shape index (κ1) is 14.5. The Kier molecular flexibility index (Phi) is 3.81. The van der Waals surface area contributed by atoms with E-state index in [-0.39, 0.29) is 5.56 Å². The van der Waals surface area contributed by atoms with E-state index in [1.807, 2.05) is 19.1 Å². The molecule has 2 aromatic rings. The van der Waals surface area contributed by atoms with Crippen LogP contribution in [0.15, 0.2) is 42.5 Å². The van der Waals surface area contributed by atoms with E-state index in [1.54, 1.807) is 12.1 Å². The molecule has 106 valence electrons. The Bertz CT molecular complexity index is 620. The van der Waals surface area contributed by atoms with Crippen molar-refractivity contribution in [1.29, 1.82) is 0 Å². The van der Waals surface area contributed by atoms with Crippen LogP contribution >= 0.6 is 0 Å². The molecule has 0 aliphatic heterocycles. The van der Waals surface area contributed by atoms with E-state index in [9.17, 15) is 17.6 Å². The molecule has 2 rings (SSSR count). The van der Waals surface area contributed by atoms with Gasteiger partial charge in [-0.2, -0.15) is 13.2 Å². The summed E-state index contributed by atoms with van der Waals surface area (Å²) in [6, 6.07) is 9.27. The van der Waals surface area contributed by atoms with Gasteiger partial charge in [0.25, 0.3) is 0 Å². The fourth-order valence-corrected chi connectivity index (χ4v) is 2.07. The maximum absolute atomic E-state index is 13.2. The molecule has 1 atom stereocenters. The van der Waals surface area contributed by atoms with Crippen molar-refractivity contribution < 1.29 is 17.6 Å². The summed E-state index contributed by atoms with van der Waals surface area (Å²) in [5.74, 6) is -1.29. The molecule has 0 aromatic heterocycles. The minimum absolute atomic E-state index is 0.230. The van der Waals surface area contributed by atoms with E-state index in [4.69, 9.17) is 5.73 Å². The molecule has 0 fully saturated rings. The molecule has 0 aliphatic rings. The zero-order chi connectivity index (χ0) is 14.9. The summed E-state index contributed by atoms with van der Waals surface area (Å²) >= 11 is 0. The largest absolute Gasteiger partial charge is 0.419 e. The summed E-state index contributed by atoms with van der Waals surface area (Å²) in [7, 11) is 0. The maximum atomic E-state index is 13.2. The van der Waals surface area contributed by atoms with E-state index < -0.39 is 23.6 Å². The quantitative estimate of drug-likeness (QED) is 0.821. The second-order valence-corrected chi connectivity index (χ2v) is 4.57. The third kappa shape index (κ3) is 2.82. The Morgan fingerprint density at radius 2 is 1.70 bits per heavy atom. The van der Waals surface area contributed by atoms with E-state index >= 15 is 0 Å². The lowest BCUT2D eigenvalue weighted by Gasteiger charge is -2.17. The molecule has 1 nitrogen and oxygen atoms in total. The number of halogens is 4. The highest BCUT2D eigenvalue weighted by Crippen LogP contribution is 2.34. The Hall–Kier alpha value is -1.88. The van der Waals surface area contributed by atoms with Crippen molar-refractivity contribution in [2.24, 2.45) is 5.73 Å². The summed E-state index contributed by atoms with van der Waals surface area (Å²) in [4.78, 5) is 0. The van der Waals surface area contributed by atoms with Gasteiger partial charge in [-0.15, -0.1) is 0 Å². The molecule has 0 aliphatic carbocycles. The standard InChI is InChI=1S/C15H13F4N/c1-9-4-2-3-5-11(9)14(20)10-6-7-13(16)12(8-10)15(17,18)19/h2-8,14H,20H2,1H3. The van der Waals surface area contributed by atoms with Gasteiger partial charge in [0.1, 0.15) is 5.82 Å². The molecular formula is C15H13F4N. The van der Waals surface area contributed by atoms with Gasteiger partial charge in [0, 0.05) is 0 Å². The summed E-state index contributed by atoms with van der Waals surface area (Å²) in [5, 5.41) is 0. The Morgan fingerprint density at radius 1 is 1.05 bits per heavy atom. The van der Waals surface area contributed by atoms with Gasteiger partial charge in [-0.1, -0.05) is 30.3 Å². The predicted octanol–water partition coefficient (Wildman–Crippen LogP) is 4.20. The number of alkyl halides is 3. The average Bonchev–Trinajstić information content (AvgIpc) is 2.37. The number of nitrogens with two attached hydrogens (primary N) is 1. The zero-order valence-corrected chi connectivity index (χ0v) is 10.7. The third-order valence-electron chi connectivity index (χ3n) is 3.18. The van der Waals surface area contributed by atoms with Crippen LogP contribution in [-0.4, -0.2) is 0 Å². The van der Waals surface area contributed by atoms with Crippen molar-refractivity contribution in [2.45, 2.75) is 19.1 Å². The highest BCUT2D eigenvalue weighted by molar-refractivity contribution is 5.38. The van der Waals surface area contributed by atoms with Crippen molar-refractivity contribution in [2.75, 3.05) is 0 Å². The molecule has 5 heteroatoms. The minimum atomic E-state index is -4.73. The molecule has 0 spiro atoms. The van der Waals surface area contributed by atoms with Gasteiger partial charge in [-0.05, 0) is 35.7 Å². The van der Waals surface area contributed by atoms with Gasteiger partial charge in [0.15, 0.2) is 0 Å². The first-order valence-corrected chi connectivity index (χ1v) is 5.98. The lowest BCUT2D eigenvalue weighted by Crippen LogP contribution is -2.16. The Labute approximate surface area is 114 Å². The fourth-order valence-electron chi connectivity index (χ4n) is 2.07. The minimum Gasteiger partial charge on any atom is -0.320 e. The lowest BCUT2D eigenvalue weighted by molar-refractivity contribution is -0.140. The number of benzene rings is 2. The predicted molar refractivity (Wildman–Crippen MR) is 68.6 cm³/mol. The smallest absolute Gasteiger partial charge is 0.320 e. The first-order valence-electron chi connectivity index (χ1n) is 5.98. The van der Waals surface area contributed by atoms with E-state index in [1.165, 1.54) is 6.07 Å². The molecule has 0 saturated carbocycles. The van der Waals surface area contributed by atoms with Crippen LogP contribution in [-0.2, 0) is 6.18 Å². The van der Waals surface area contributed by atoms with Gasteiger partial charge in [-0.3, -0.25) is 0 Å².